The minimum absolute atomic E-state index is 0.0916. The highest BCUT2D eigenvalue weighted by atomic mass is 32.2. The van der Waals surface area contributed by atoms with Crippen LogP contribution in [0.3, 0.4) is 0 Å². The third-order valence-corrected chi connectivity index (χ3v) is 4.01. The zero-order chi connectivity index (χ0) is 14.0. The molecular formula is C14H18N2O2S. The fourth-order valence-corrected chi connectivity index (χ4v) is 3.08. The molecule has 102 valence electrons. The Morgan fingerprint density at radius 3 is 2.63 bits per heavy atom. The number of nitrogens with zero attached hydrogens (tertiary/aromatic N) is 1. The molecule has 4 nitrogen and oxygen atoms in total. The number of aromatic nitrogens is 1. The summed E-state index contributed by atoms with van der Waals surface area (Å²) in [6.45, 7) is 1.95. The molecule has 19 heavy (non-hydrogen) atoms. The average molecular weight is 278 g/mol. The van der Waals surface area contributed by atoms with E-state index in [1.54, 1.807) is 7.05 Å². The lowest BCUT2D eigenvalue weighted by Gasteiger charge is -2.16. The van der Waals surface area contributed by atoms with Gasteiger partial charge in [0.1, 0.15) is 9.84 Å². The summed E-state index contributed by atoms with van der Waals surface area (Å²) in [6, 6.07) is 9.63. The molecule has 0 saturated heterocycles. The number of pyridine rings is 1. The normalized spacial score (nSPS) is 13.6. The maximum Gasteiger partial charge on any atom is 0.149 e. The zero-order valence-corrected chi connectivity index (χ0v) is 12.2. The summed E-state index contributed by atoms with van der Waals surface area (Å²) in [4.78, 5) is 4.44. The van der Waals surface area contributed by atoms with E-state index in [0.717, 1.165) is 22.2 Å². The third kappa shape index (κ3) is 3.52. The second-order valence-electron chi connectivity index (χ2n) is 4.84. The predicted octanol–water partition coefficient (Wildman–Crippen LogP) is 1.85. The van der Waals surface area contributed by atoms with Gasteiger partial charge in [0.15, 0.2) is 0 Å². The number of rotatable bonds is 4. The van der Waals surface area contributed by atoms with Crippen molar-refractivity contribution in [3.8, 4) is 0 Å². The molecule has 0 bridgehead atoms. The zero-order valence-electron chi connectivity index (χ0n) is 11.3. The first-order valence-corrected chi connectivity index (χ1v) is 8.17. The van der Waals surface area contributed by atoms with E-state index in [0.29, 0.717) is 0 Å². The van der Waals surface area contributed by atoms with Gasteiger partial charge in [-0.1, -0.05) is 12.1 Å². The molecule has 1 unspecified atom stereocenters. The lowest BCUT2D eigenvalue weighted by molar-refractivity contribution is 0.579. The molecule has 2 rings (SSSR count). The second-order valence-corrected chi connectivity index (χ2v) is 7.02. The SMILES string of the molecule is CNC(CS(C)(=O)=O)c1ccc2nc(C)ccc2c1. The van der Waals surface area contributed by atoms with Crippen molar-refractivity contribution in [2.45, 2.75) is 13.0 Å². The Morgan fingerprint density at radius 1 is 1.26 bits per heavy atom. The molecule has 1 heterocycles. The summed E-state index contributed by atoms with van der Waals surface area (Å²) in [5.41, 5.74) is 2.87. The Kier molecular flexibility index (Phi) is 3.87. The Balaban J connectivity index is 2.41. The quantitative estimate of drug-likeness (QED) is 0.927. The lowest BCUT2D eigenvalue weighted by Crippen LogP contribution is -2.24. The molecule has 0 spiro atoms. The monoisotopic (exact) mass is 278 g/mol. The molecule has 0 amide bonds. The van der Waals surface area contributed by atoms with Gasteiger partial charge in [0, 0.05) is 23.4 Å². The molecule has 0 saturated carbocycles. The fourth-order valence-electron chi connectivity index (χ4n) is 2.11. The van der Waals surface area contributed by atoms with Crippen molar-refractivity contribution in [1.82, 2.24) is 10.3 Å². The molecule has 0 radical (unpaired) electrons. The fraction of sp³-hybridized carbons (Fsp3) is 0.357. The van der Waals surface area contributed by atoms with Gasteiger partial charge in [0.05, 0.1) is 11.3 Å². The van der Waals surface area contributed by atoms with Crippen LogP contribution in [0.5, 0.6) is 0 Å². The number of aryl methyl sites for hydroxylation is 1. The maximum atomic E-state index is 11.4. The molecule has 5 heteroatoms. The van der Waals surface area contributed by atoms with Gasteiger partial charge in [0.2, 0.25) is 0 Å². The standard InChI is InChI=1S/C14H18N2O2S/c1-10-4-5-11-8-12(6-7-13(11)16-10)14(15-2)9-19(3,17)18/h4-8,14-15H,9H2,1-3H3. The number of benzene rings is 1. The van der Waals surface area contributed by atoms with Gasteiger partial charge in [-0.15, -0.1) is 0 Å². The first-order chi connectivity index (χ1) is 8.89. The van der Waals surface area contributed by atoms with Gasteiger partial charge >= 0.3 is 0 Å². The van der Waals surface area contributed by atoms with Crippen LogP contribution >= 0.6 is 0 Å². The highest BCUT2D eigenvalue weighted by Gasteiger charge is 2.15. The summed E-state index contributed by atoms with van der Waals surface area (Å²) >= 11 is 0. The van der Waals surface area contributed by atoms with Crippen LogP contribution in [-0.4, -0.2) is 32.5 Å². The van der Waals surface area contributed by atoms with Crippen LogP contribution in [0, 0.1) is 6.92 Å². The van der Waals surface area contributed by atoms with E-state index in [1.165, 1.54) is 6.26 Å². The smallest absolute Gasteiger partial charge is 0.149 e. The van der Waals surface area contributed by atoms with Crippen LogP contribution in [0.2, 0.25) is 0 Å². The maximum absolute atomic E-state index is 11.4. The second kappa shape index (κ2) is 5.27. The predicted molar refractivity (Wildman–Crippen MR) is 78.0 cm³/mol. The molecule has 0 aliphatic carbocycles. The molecule has 2 aromatic rings. The molecular weight excluding hydrogens is 260 g/mol. The van der Waals surface area contributed by atoms with Crippen LogP contribution in [0.15, 0.2) is 30.3 Å². The van der Waals surface area contributed by atoms with Crippen molar-refractivity contribution in [1.29, 1.82) is 0 Å². The first kappa shape index (κ1) is 14.0. The number of nitrogens with one attached hydrogen (secondary N) is 1. The highest BCUT2D eigenvalue weighted by molar-refractivity contribution is 7.90. The van der Waals surface area contributed by atoms with E-state index in [4.69, 9.17) is 0 Å². The van der Waals surface area contributed by atoms with Gasteiger partial charge < -0.3 is 5.32 Å². The van der Waals surface area contributed by atoms with E-state index in [2.05, 4.69) is 10.3 Å². The molecule has 1 N–H and O–H groups in total. The summed E-state index contributed by atoms with van der Waals surface area (Å²) in [7, 11) is -1.25. The molecule has 1 atom stereocenters. The van der Waals surface area contributed by atoms with Crippen molar-refractivity contribution in [3.63, 3.8) is 0 Å². The van der Waals surface area contributed by atoms with E-state index in [1.807, 2.05) is 37.3 Å². The Morgan fingerprint density at radius 2 is 2.00 bits per heavy atom. The van der Waals surface area contributed by atoms with E-state index >= 15 is 0 Å². The molecule has 0 aliphatic heterocycles. The van der Waals surface area contributed by atoms with Crippen LogP contribution in [0.25, 0.3) is 10.9 Å². The van der Waals surface area contributed by atoms with Crippen LogP contribution in [0.4, 0.5) is 0 Å². The summed E-state index contributed by atoms with van der Waals surface area (Å²) in [6.07, 6.45) is 1.25. The lowest BCUT2D eigenvalue weighted by atomic mass is 10.1. The topological polar surface area (TPSA) is 59.1 Å². The highest BCUT2D eigenvalue weighted by Crippen LogP contribution is 2.20. The summed E-state index contributed by atoms with van der Waals surface area (Å²) in [5, 5.41) is 4.08. The number of sulfone groups is 1. The van der Waals surface area contributed by atoms with E-state index in [-0.39, 0.29) is 11.8 Å². The Hall–Kier alpha value is -1.46. The van der Waals surface area contributed by atoms with Gasteiger partial charge in [-0.25, -0.2) is 8.42 Å². The van der Waals surface area contributed by atoms with Gasteiger partial charge in [-0.2, -0.15) is 0 Å². The largest absolute Gasteiger partial charge is 0.312 e. The van der Waals surface area contributed by atoms with Crippen molar-refractivity contribution >= 4 is 20.7 Å². The average Bonchev–Trinajstić information content (AvgIpc) is 2.34. The minimum atomic E-state index is -3.02. The van der Waals surface area contributed by atoms with Crippen molar-refractivity contribution in [3.05, 3.63) is 41.6 Å². The van der Waals surface area contributed by atoms with E-state index in [9.17, 15) is 8.42 Å². The number of hydrogen-bond acceptors (Lipinski definition) is 4. The van der Waals surface area contributed by atoms with Crippen LogP contribution in [-0.2, 0) is 9.84 Å². The summed E-state index contributed by atoms with van der Waals surface area (Å²) < 4.78 is 22.9. The number of hydrogen-bond donors (Lipinski definition) is 1. The molecule has 1 aromatic heterocycles. The Labute approximate surface area is 113 Å². The van der Waals surface area contributed by atoms with E-state index < -0.39 is 9.84 Å². The van der Waals surface area contributed by atoms with Crippen LogP contribution < -0.4 is 5.32 Å². The minimum Gasteiger partial charge on any atom is -0.312 e. The first-order valence-electron chi connectivity index (χ1n) is 6.11. The number of fused-ring (bicyclic) bond motifs is 1. The summed E-state index contributed by atoms with van der Waals surface area (Å²) in [5.74, 6) is 0.0916. The van der Waals surface area contributed by atoms with Crippen molar-refractivity contribution in [2.75, 3.05) is 19.1 Å². The Bertz CT molecular complexity index is 696. The van der Waals surface area contributed by atoms with Gasteiger partial charge in [-0.3, -0.25) is 4.98 Å². The molecule has 0 fully saturated rings. The van der Waals surface area contributed by atoms with Crippen molar-refractivity contribution < 1.29 is 8.42 Å². The molecule has 0 aliphatic rings. The molecule has 1 aromatic carbocycles. The van der Waals surface area contributed by atoms with Gasteiger partial charge in [-0.05, 0) is 37.7 Å². The van der Waals surface area contributed by atoms with Gasteiger partial charge in [0.25, 0.3) is 0 Å². The third-order valence-electron chi connectivity index (χ3n) is 3.07. The van der Waals surface area contributed by atoms with Crippen molar-refractivity contribution in [2.24, 2.45) is 0 Å². The van der Waals surface area contributed by atoms with Crippen LogP contribution in [0.1, 0.15) is 17.3 Å².